The summed E-state index contributed by atoms with van der Waals surface area (Å²) in [5.74, 6) is 0.190. The van der Waals surface area contributed by atoms with Crippen molar-refractivity contribution in [1.29, 1.82) is 0 Å². The molecular weight excluding hydrogens is 368 g/mol. The monoisotopic (exact) mass is 406 g/mol. The summed E-state index contributed by atoms with van der Waals surface area (Å²) in [5, 5.41) is 0. The van der Waals surface area contributed by atoms with Crippen molar-refractivity contribution >= 4 is 5.97 Å². The van der Waals surface area contributed by atoms with Gasteiger partial charge in [0.25, 0.3) is 0 Å². The second kappa shape index (κ2) is 18.4. The van der Waals surface area contributed by atoms with Gasteiger partial charge in [-0.2, -0.15) is 0 Å². The molecule has 0 aliphatic carbocycles. The van der Waals surface area contributed by atoms with E-state index in [4.69, 9.17) is 4.74 Å². The normalized spacial score (nSPS) is 12.3. The van der Waals surface area contributed by atoms with E-state index in [1.165, 1.54) is 56.6 Å². The number of carbonyl (C=O) groups is 1. The van der Waals surface area contributed by atoms with Crippen LogP contribution in [-0.4, -0.2) is 5.97 Å². The quantitative estimate of drug-likeness (QED) is 0.0967. The van der Waals surface area contributed by atoms with E-state index < -0.39 is 0 Å². The zero-order valence-corrected chi connectivity index (χ0v) is 18.8. The first-order valence-corrected chi connectivity index (χ1v) is 11.4. The van der Waals surface area contributed by atoms with Crippen LogP contribution in [0.1, 0.15) is 70.8 Å². The lowest BCUT2D eigenvalue weighted by atomic mass is 10.1. The van der Waals surface area contributed by atoms with Crippen molar-refractivity contribution < 1.29 is 9.53 Å². The molecule has 1 rings (SSSR count). The molecule has 0 aliphatic rings. The van der Waals surface area contributed by atoms with Gasteiger partial charge in [0, 0.05) is 6.08 Å². The van der Waals surface area contributed by atoms with Crippen LogP contribution in [0.2, 0.25) is 0 Å². The Morgan fingerprint density at radius 2 is 1.30 bits per heavy atom. The van der Waals surface area contributed by atoms with Gasteiger partial charge in [-0.15, -0.1) is 0 Å². The molecule has 0 saturated heterocycles. The van der Waals surface area contributed by atoms with Gasteiger partial charge in [-0.05, 0) is 37.0 Å². The van der Waals surface area contributed by atoms with E-state index in [2.05, 4.69) is 26.0 Å². The molecule has 0 unspecified atom stereocenters. The minimum Gasteiger partial charge on any atom is -0.423 e. The molecule has 30 heavy (non-hydrogen) atoms. The largest absolute Gasteiger partial charge is 0.423 e. The average molecular weight is 407 g/mol. The lowest BCUT2D eigenvalue weighted by molar-refractivity contribution is -0.128. The van der Waals surface area contributed by atoms with Crippen LogP contribution < -0.4 is 4.74 Å². The highest BCUT2D eigenvalue weighted by molar-refractivity contribution is 5.84. The maximum absolute atomic E-state index is 11.7. The molecule has 0 N–H and O–H groups in total. The van der Waals surface area contributed by atoms with Gasteiger partial charge in [0.05, 0.1) is 0 Å². The summed E-state index contributed by atoms with van der Waals surface area (Å²) in [5.41, 5.74) is 1.22. The van der Waals surface area contributed by atoms with E-state index in [-0.39, 0.29) is 5.97 Å². The predicted molar refractivity (Wildman–Crippen MR) is 130 cm³/mol. The molecule has 2 nitrogen and oxygen atoms in total. The number of hydrogen-bond acceptors (Lipinski definition) is 2. The molecular formula is C28H38O2. The molecule has 0 heterocycles. The molecule has 0 fully saturated rings. The van der Waals surface area contributed by atoms with Gasteiger partial charge >= 0.3 is 5.97 Å². The second-order valence-electron chi connectivity index (χ2n) is 7.27. The summed E-state index contributed by atoms with van der Waals surface area (Å²) >= 11 is 0. The predicted octanol–water partition coefficient (Wildman–Crippen LogP) is 8.08. The SMILES string of the molecule is CCCCCCCCCC=CC=CC=CC=CC=CC(=O)Oc1ccc(CC)cc1. The first-order valence-electron chi connectivity index (χ1n) is 11.4. The number of ether oxygens (including phenoxy) is 1. The minimum atomic E-state index is -0.376. The van der Waals surface area contributed by atoms with E-state index in [9.17, 15) is 4.79 Å². The molecule has 0 bridgehead atoms. The Balaban J connectivity index is 2.11. The number of rotatable bonds is 15. The van der Waals surface area contributed by atoms with Gasteiger partial charge in [0.1, 0.15) is 5.75 Å². The molecule has 1 aromatic carbocycles. The van der Waals surface area contributed by atoms with Crippen LogP contribution in [0.25, 0.3) is 0 Å². The summed E-state index contributed by atoms with van der Waals surface area (Å²) in [6.07, 6.45) is 30.7. The Morgan fingerprint density at radius 1 is 0.733 bits per heavy atom. The smallest absolute Gasteiger partial charge is 0.336 e. The van der Waals surface area contributed by atoms with E-state index in [0.717, 1.165) is 12.8 Å². The zero-order valence-electron chi connectivity index (χ0n) is 18.8. The van der Waals surface area contributed by atoms with Crippen LogP contribution in [0.3, 0.4) is 0 Å². The number of allylic oxidation sites excluding steroid dienone is 9. The van der Waals surface area contributed by atoms with E-state index in [1.54, 1.807) is 6.08 Å². The molecule has 0 saturated carbocycles. The number of unbranched alkanes of at least 4 members (excludes halogenated alkanes) is 7. The number of carbonyl (C=O) groups excluding carboxylic acids is 1. The van der Waals surface area contributed by atoms with Gasteiger partial charge in [-0.25, -0.2) is 4.79 Å². The third-order valence-electron chi connectivity index (χ3n) is 4.67. The third kappa shape index (κ3) is 14.4. The average Bonchev–Trinajstić information content (AvgIpc) is 2.76. The van der Waals surface area contributed by atoms with Crippen LogP contribution in [0.5, 0.6) is 5.75 Å². The Kier molecular flexibility index (Phi) is 15.6. The lowest BCUT2D eigenvalue weighted by Gasteiger charge is -2.01. The molecule has 2 heteroatoms. The number of esters is 1. The molecule has 0 atom stereocenters. The first-order chi connectivity index (χ1) is 14.8. The highest BCUT2D eigenvalue weighted by Gasteiger charge is 1.99. The van der Waals surface area contributed by atoms with Crippen LogP contribution in [0, 0.1) is 0 Å². The lowest BCUT2D eigenvalue weighted by Crippen LogP contribution is -2.03. The standard InChI is InChI=1S/C28H38O2/c1-3-5-6-7-8-9-10-11-12-13-14-15-16-17-18-19-20-21-28(29)30-27-24-22-26(4-2)23-25-27/h12-25H,3-11H2,1-2H3. The van der Waals surface area contributed by atoms with Gasteiger partial charge in [-0.1, -0.05) is 119 Å². The zero-order chi connectivity index (χ0) is 21.7. The summed E-state index contributed by atoms with van der Waals surface area (Å²) in [6.45, 7) is 4.35. The van der Waals surface area contributed by atoms with Gasteiger partial charge in [-0.3, -0.25) is 0 Å². The van der Waals surface area contributed by atoms with Gasteiger partial charge < -0.3 is 4.74 Å². The highest BCUT2D eigenvalue weighted by Crippen LogP contribution is 2.12. The number of benzene rings is 1. The maximum Gasteiger partial charge on any atom is 0.336 e. The summed E-state index contributed by atoms with van der Waals surface area (Å²) in [7, 11) is 0. The Bertz CT molecular complexity index is 703. The number of aryl methyl sites for hydroxylation is 1. The summed E-state index contributed by atoms with van der Waals surface area (Å²) < 4.78 is 5.25. The fourth-order valence-corrected chi connectivity index (χ4v) is 2.86. The topological polar surface area (TPSA) is 26.3 Å². The number of hydrogen-bond donors (Lipinski definition) is 0. The Labute approximate surface area is 183 Å². The Hall–Kier alpha value is -2.61. The fourth-order valence-electron chi connectivity index (χ4n) is 2.86. The highest BCUT2D eigenvalue weighted by atomic mass is 16.5. The molecule has 0 amide bonds. The van der Waals surface area contributed by atoms with Crippen LogP contribution in [0.15, 0.2) is 85.0 Å². The van der Waals surface area contributed by atoms with Crippen molar-refractivity contribution in [1.82, 2.24) is 0 Å². The molecule has 0 aliphatic heterocycles. The van der Waals surface area contributed by atoms with Crippen molar-refractivity contribution in [2.75, 3.05) is 0 Å². The van der Waals surface area contributed by atoms with Crippen LogP contribution in [-0.2, 0) is 11.2 Å². The Morgan fingerprint density at radius 3 is 1.93 bits per heavy atom. The van der Waals surface area contributed by atoms with Crippen LogP contribution >= 0.6 is 0 Å². The van der Waals surface area contributed by atoms with E-state index >= 15 is 0 Å². The third-order valence-corrected chi connectivity index (χ3v) is 4.67. The van der Waals surface area contributed by atoms with E-state index in [1.807, 2.05) is 60.7 Å². The maximum atomic E-state index is 11.7. The molecule has 1 aromatic rings. The van der Waals surface area contributed by atoms with E-state index in [0.29, 0.717) is 5.75 Å². The van der Waals surface area contributed by atoms with Gasteiger partial charge in [0.15, 0.2) is 0 Å². The summed E-state index contributed by atoms with van der Waals surface area (Å²) in [6, 6.07) is 7.57. The van der Waals surface area contributed by atoms with Crippen molar-refractivity contribution in [3.63, 3.8) is 0 Å². The summed E-state index contributed by atoms with van der Waals surface area (Å²) in [4.78, 5) is 11.7. The van der Waals surface area contributed by atoms with Gasteiger partial charge in [0.2, 0.25) is 0 Å². The van der Waals surface area contributed by atoms with Crippen molar-refractivity contribution in [2.45, 2.75) is 71.6 Å². The second-order valence-corrected chi connectivity index (χ2v) is 7.27. The minimum absolute atomic E-state index is 0.376. The molecule has 0 aromatic heterocycles. The van der Waals surface area contributed by atoms with Crippen molar-refractivity contribution in [2.24, 2.45) is 0 Å². The van der Waals surface area contributed by atoms with Crippen molar-refractivity contribution in [3.05, 3.63) is 90.6 Å². The van der Waals surface area contributed by atoms with Crippen molar-refractivity contribution in [3.8, 4) is 5.75 Å². The fraction of sp³-hybridized carbons (Fsp3) is 0.393. The molecule has 162 valence electrons. The van der Waals surface area contributed by atoms with Crippen LogP contribution in [0.4, 0.5) is 0 Å². The first kappa shape index (κ1) is 25.4. The molecule has 0 radical (unpaired) electrons. The molecule has 0 spiro atoms.